The number of nitrogens with zero attached hydrogens (tertiary/aromatic N) is 3. The molecule has 1 aliphatic heterocycles. The molecule has 3 heterocycles. The Labute approximate surface area is 189 Å². The van der Waals surface area contributed by atoms with Gasteiger partial charge in [-0.2, -0.15) is 5.10 Å². The minimum atomic E-state index is -0.635. The van der Waals surface area contributed by atoms with E-state index < -0.39 is 29.4 Å². The van der Waals surface area contributed by atoms with E-state index in [1.165, 1.54) is 10.7 Å². The van der Waals surface area contributed by atoms with Crippen molar-refractivity contribution in [2.24, 2.45) is 5.41 Å². The van der Waals surface area contributed by atoms with Gasteiger partial charge in [-0.3, -0.25) is 4.79 Å². The third-order valence-electron chi connectivity index (χ3n) is 7.10. The van der Waals surface area contributed by atoms with Crippen molar-refractivity contribution >= 4 is 17.1 Å². The van der Waals surface area contributed by atoms with E-state index in [-0.39, 0.29) is 34.4 Å². The highest BCUT2D eigenvalue weighted by Crippen LogP contribution is 2.41. The first-order valence-electron chi connectivity index (χ1n) is 11.2. The van der Waals surface area contributed by atoms with E-state index in [1.807, 2.05) is 0 Å². The summed E-state index contributed by atoms with van der Waals surface area (Å²) in [4.78, 5) is 14.6. The second-order valence-corrected chi connectivity index (χ2v) is 9.08. The fourth-order valence-corrected chi connectivity index (χ4v) is 5.00. The van der Waals surface area contributed by atoms with E-state index in [0.29, 0.717) is 25.9 Å². The van der Waals surface area contributed by atoms with Crippen LogP contribution in [0.4, 0.5) is 18.9 Å². The average molecular weight is 458 g/mol. The van der Waals surface area contributed by atoms with Gasteiger partial charge in [0.1, 0.15) is 17.2 Å². The minimum absolute atomic E-state index is 0.00641. The number of aliphatic hydroxyl groups is 1. The van der Waals surface area contributed by atoms with Gasteiger partial charge in [0, 0.05) is 30.3 Å². The Morgan fingerprint density at radius 3 is 2.76 bits per heavy atom. The standard InChI is InChI=1S/C24H25F3N4O2/c25-15-4-5-18(26)16(11-15)19-3-1-9-30(19)20-6-10-31-22(21(20)27)17(12-29-31)23(33)28-13-24(14-32)7-2-8-24/h4-6,10-12,19,32H,1-3,7-9,13-14H2,(H,28,33)/t19-/m1/s1. The van der Waals surface area contributed by atoms with Gasteiger partial charge >= 0.3 is 0 Å². The number of carbonyl (C=O) groups excluding carboxylic acids is 1. The maximum Gasteiger partial charge on any atom is 0.255 e. The Balaban J connectivity index is 1.47. The second-order valence-electron chi connectivity index (χ2n) is 9.08. The third kappa shape index (κ3) is 3.74. The highest BCUT2D eigenvalue weighted by molar-refractivity contribution is 6.01. The van der Waals surface area contributed by atoms with Crippen molar-refractivity contribution in [1.29, 1.82) is 0 Å². The summed E-state index contributed by atoms with van der Waals surface area (Å²) in [5.74, 6) is -2.18. The number of pyridine rings is 1. The van der Waals surface area contributed by atoms with E-state index in [4.69, 9.17) is 0 Å². The number of halogens is 3. The van der Waals surface area contributed by atoms with E-state index in [0.717, 1.165) is 37.5 Å². The number of benzene rings is 1. The summed E-state index contributed by atoms with van der Waals surface area (Å²) < 4.78 is 45.3. The van der Waals surface area contributed by atoms with Crippen molar-refractivity contribution in [2.75, 3.05) is 24.6 Å². The Kier molecular flexibility index (Phi) is 5.52. The summed E-state index contributed by atoms with van der Waals surface area (Å²) in [5.41, 5.74) is 0.221. The molecule has 1 aromatic carbocycles. The molecule has 0 radical (unpaired) electrons. The molecule has 2 fully saturated rings. The molecule has 1 aliphatic carbocycles. The molecule has 2 aliphatic rings. The zero-order valence-corrected chi connectivity index (χ0v) is 18.0. The summed E-state index contributed by atoms with van der Waals surface area (Å²) in [6.07, 6.45) is 6.81. The zero-order valence-electron chi connectivity index (χ0n) is 18.0. The molecule has 174 valence electrons. The van der Waals surface area contributed by atoms with E-state index >= 15 is 4.39 Å². The summed E-state index contributed by atoms with van der Waals surface area (Å²) in [6.45, 7) is 0.782. The predicted molar refractivity (Wildman–Crippen MR) is 117 cm³/mol. The molecule has 33 heavy (non-hydrogen) atoms. The van der Waals surface area contributed by atoms with E-state index in [2.05, 4.69) is 10.4 Å². The van der Waals surface area contributed by atoms with Gasteiger partial charge in [-0.15, -0.1) is 0 Å². The van der Waals surface area contributed by atoms with Crippen LogP contribution in [0.2, 0.25) is 0 Å². The number of hydrogen-bond acceptors (Lipinski definition) is 4. The molecule has 1 atom stereocenters. The van der Waals surface area contributed by atoms with Gasteiger partial charge in [0.2, 0.25) is 0 Å². The number of carbonyl (C=O) groups is 1. The molecule has 5 rings (SSSR count). The lowest BCUT2D eigenvalue weighted by Crippen LogP contribution is -2.44. The normalized spacial score (nSPS) is 19.6. The molecule has 6 nitrogen and oxygen atoms in total. The number of anilines is 1. The van der Waals surface area contributed by atoms with Gasteiger partial charge in [0.25, 0.3) is 5.91 Å². The maximum absolute atomic E-state index is 15.8. The number of hydrogen-bond donors (Lipinski definition) is 2. The van der Waals surface area contributed by atoms with Gasteiger partial charge in [0.05, 0.1) is 30.1 Å². The molecule has 0 unspecified atom stereocenters. The van der Waals surface area contributed by atoms with Crippen LogP contribution in [0.3, 0.4) is 0 Å². The number of nitrogens with one attached hydrogen (secondary N) is 1. The molecule has 0 spiro atoms. The van der Waals surface area contributed by atoms with Crippen molar-refractivity contribution in [3.63, 3.8) is 0 Å². The van der Waals surface area contributed by atoms with Crippen molar-refractivity contribution < 1.29 is 23.1 Å². The molecule has 0 bridgehead atoms. The molecular weight excluding hydrogens is 433 g/mol. The Hall–Kier alpha value is -3.07. The van der Waals surface area contributed by atoms with Gasteiger partial charge in [-0.05, 0) is 49.9 Å². The molecule has 2 aromatic heterocycles. The molecular formula is C24H25F3N4O2. The van der Waals surface area contributed by atoms with Crippen LogP contribution in [0.25, 0.3) is 5.52 Å². The molecule has 3 aromatic rings. The Bertz CT molecular complexity index is 1200. The van der Waals surface area contributed by atoms with E-state index in [9.17, 15) is 18.7 Å². The van der Waals surface area contributed by atoms with Crippen LogP contribution in [0.15, 0.2) is 36.7 Å². The van der Waals surface area contributed by atoms with Crippen molar-refractivity contribution in [1.82, 2.24) is 14.9 Å². The van der Waals surface area contributed by atoms with Crippen molar-refractivity contribution in [3.8, 4) is 0 Å². The maximum atomic E-state index is 15.8. The average Bonchev–Trinajstić information content (AvgIpc) is 3.43. The first-order valence-corrected chi connectivity index (χ1v) is 11.2. The largest absolute Gasteiger partial charge is 0.396 e. The fraction of sp³-hybridized carbons (Fsp3) is 0.417. The number of aliphatic hydroxyl groups excluding tert-OH is 1. The van der Waals surface area contributed by atoms with Crippen LogP contribution in [-0.2, 0) is 0 Å². The lowest BCUT2D eigenvalue weighted by Gasteiger charge is -2.40. The monoisotopic (exact) mass is 458 g/mol. The van der Waals surface area contributed by atoms with Crippen molar-refractivity contribution in [2.45, 2.75) is 38.1 Å². The predicted octanol–water partition coefficient (Wildman–Crippen LogP) is 3.99. The summed E-state index contributed by atoms with van der Waals surface area (Å²) in [5, 5.41) is 16.5. The quantitative estimate of drug-likeness (QED) is 0.586. The summed E-state index contributed by atoms with van der Waals surface area (Å²) >= 11 is 0. The van der Waals surface area contributed by atoms with Gasteiger partial charge in [-0.25, -0.2) is 17.7 Å². The summed E-state index contributed by atoms with van der Waals surface area (Å²) in [6, 6.07) is 4.33. The Morgan fingerprint density at radius 2 is 2.03 bits per heavy atom. The summed E-state index contributed by atoms with van der Waals surface area (Å²) in [7, 11) is 0. The highest BCUT2D eigenvalue weighted by atomic mass is 19.1. The number of fused-ring (bicyclic) bond motifs is 1. The van der Waals surface area contributed by atoms with Gasteiger partial charge in [-0.1, -0.05) is 6.42 Å². The topological polar surface area (TPSA) is 69.9 Å². The fourth-order valence-electron chi connectivity index (χ4n) is 5.00. The zero-order chi connectivity index (χ0) is 23.2. The smallest absolute Gasteiger partial charge is 0.255 e. The highest BCUT2D eigenvalue weighted by Gasteiger charge is 2.37. The van der Waals surface area contributed by atoms with Crippen LogP contribution in [0.1, 0.15) is 54.1 Å². The molecule has 1 saturated carbocycles. The molecule has 2 N–H and O–H groups in total. The van der Waals surface area contributed by atoms with Gasteiger partial charge < -0.3 is 15.3 Å². The minimum Gasteiger partial charge on any atom is -0.396 e. The molecule has 1 saturated heterocycles. The number of amides is 1. The first kappa shape index (κ1) is 21.8. The molecule has 1 amide bonds. The van der Waals surface area contributed by atoms with Crippen LogP contribution in [0.5, 0.6) is 0 Å². The lowest BCUT2D eigenvalue weighted by molar-refractivity contribution is 0.0429. The number of aromatic nitrogens is 2. The van der Waals surface area contributed by atoms with Crippen LogP contribution in [0, 0.1) is 22.9 Å². The SMILES string of the molecule is O=C(NCC1(CO)CCC1)c1cnn2ccc(N3CCC[C@@H]3c3cc(F)ccc3F)c(F)c12. The number of rotatable bonds is 6. The van der Waals surface area contributed by atoms with Crippen molar-refractivity contribution in [3.05, 3.63) is 65.2 Å². The van der Waals surface area contributed by atoms with E-state index in [1.54, 1.807) is 17.2 Å². The Morgan fingerprint density at radius 1 is 1.21 bits per heavy atom. The third-order valence-corrected chi connectivity index (χ3v) is 7.10. The molecule has 9 heteroatoms. The second kappa shape index (κ2) is 8.37. The van der Waals surface area contributed by atoms with Gasteiger partial charge in [0.15, 0.2) is 5.82 Å². The first-order chi connectivity index (χ1) is 15.9. The van der Waals surface area contributed by atoms with Crippen LogP contribution in [-0.4, -0.2) is 40.3 Å². The van der Waals surface area contributed by atoms with Crippen LogP contribution >= 0.6 is 0 Å². The lowest BCUT2D eigenvalue weighted by atomic mass is 9.69. The van der Waals surface area contributed by atoms with Crippen LogP contribution < -0.4 is 10.2 Å².